The molecule has 0 aromatic heterocycles. The maximum atomic E-state index is 14.1. The molecule has 1 spiro atoms. The molecular weight excluding hydrogens is 412 g/mol. The zero-order valence-corrected chi connectivity index (χ0v) is 18.6. The van der Waals surface area contributed by atoms with Crippen LogP contribution in [0.15, 0.2) is 24.3 Å². The summed E-state index contributed by atoms with van der Waals surface area (Å²) in [6.45, 7) is 2.58. The van der Waals surface area contributed by atoms with Gasteiger partial charge in [0.1, 0.15) is 24.2 Å². The van der Waals surface area contributed by atoms with Gasteiger partial charge in [-0.05, 0) is 32.3 Å². The van der Waals surface area contributed by atoms with Crippen molar-refractivity contribution in [2.45, 2.75) is 68.7 Å². The molecule has 0 bridgehead atoms. The molecule has 8 heteroatoms. The first-order chi connectivity index (χ1) is 15.4. The summed E-state index contributed by atoms with van der Waals surface area (Å²) in [6, 6.07) is -0.700. The Labute approximate surface area is 188 Å². The number of amides is 2. The average Bonchev–Trinajstić information content (AvgIpc) is 3.03. The molecule has 4 aliphatic heterocycles. The van der Waals surface area contributed by atoms with Crippen LogP contribution < -0.4 is 0 Å². The molecule has 2 saturated heterocycles. The van der Waals surface area contributed by atoms with Gasteiger partial charge in [-0.15, -0.1) is 0 Å². The quantitative estimate of drug-likeness (QED) is 0.517. The number of nitrogens with zero attached hydrogens (tertiary/aromatic N) is 2. The number of carbonyl (C=O) groups is 3. The van der Waals surface area contributed by atoms with E-state index in [0.717, 1.165) is 25.7 Å². The first-order valence-electron chi connectivity index (χ1n) is 11.9. The van der Waals surface area contributed by atoms with Gasteiger partial charge in [-0.2, -0.15) is 0 Å². The smallest absolute Gasteiger partial charge is 0.313 e. The van der Waals surface area contributed by atoms with Crippen LogP contribution in [0.3, 0.4) is 0 Å². The molecule has 0 radical (unpaired) electrons. The minimum Gasteiger partial charge on any atom is -0.461 e. The molecule has 1 saturated carbocycles. The molecule has 2 amide bonds. The molecule has 174 valence electrons. The van der Waals surface area contributed by atoms with E-state index in [9.17, 15) is 19.5 Å². The SMILES string of the molecule is C[C@@]12C=CCOC(=O)[C@@H]1[C@H]1C(=O)N(CCCO)C3C(=O)N(C4CCCCC4)CC=C[C@@]31O2. The highest BCUT2D eigenvalue weighted by Gasteiger charge is 2.74. The van der Waals surface area contributed by atoms with E-state index >= 15 is 0 Å². The third-order valence-corrected chi connectivity index (χ3v) is 7.92. The minimum atomic E-state index is -1.23. The largest absolute Gasteiger partial charge is 0.461 e. The van der Waals surface area contributed by atoms with Crippen molar-refractivity contribution in [1.29, 1.82) is 0 Å². The summed E-state index contributed by atoms with van der Waals surface area (Å²) in [5.41, 5.74) is -2.26. The average molecular weight is 445 g/mol. The van der Waals surface area contributed by atoms with Gasteiger partial charge < -0.3 is 24.4 Å². The van der Waals surface area contributed by atoms with Crippen molar-refractivity contribution in [1.82, 2.24) is 9.80 Å². The topological polar surface area (TPSA) is 96.4 Å². The van der Waals surface area contributed by atoms with Gasteiger partial charge in [0, 0.05) is 25.7 Å². The van der Waals surface area contributed by atoms with Gasteiger partial charge in [0.05, 0.1) is 11.5 Å². The number of ether oxygens (including phenoxy) is 2. The Bertz CT molecular complexity index is 865. The fourth-order valence-electron chi connectivity index (χ4n) is 6.57. The Kier molecular flexibility index (Phi) is 5.40. The fourth-order valence-corrected chi connectivity index (χ4v) is 6.57. The number of hydrogen-bond acceptors (Lipinski definition) is 6. The highest BCUT2D eigenvalue weighted by Crippen LogP contribution is 2.57. The van der Waals surface area contributed by atoms with Gasteiger partial charge in [0.25, 0.3) is 0 Å². The number of rotatable bonds is 4. The minimum absolute atomic E-state index is 0.0860. The molecule has 1 aliphatic carbocycles. The van der Waals surface area contributed by atoms with Crippen LogP contribution in [-0.4, -0.2) is 82.3 Å². The van der Waals surface area contributed by atoms with Crippen molar-refractivity contribution >= 4 is 17.8 Å². The molecule has 4 heterocycles. The first-order valence-corrected chi connectivity index (χ1v) is 11.9. The molecule has 5 atom stereocenters. The number of aliphatic hydroxyl groups excluding tert-OH is 1. The molecule has 0 aromatic carbocycles. The lowest BCUT2D eigenvalue weighted by Crippen LogP contribution is -2.57. The zero-order valence-electron chi connectivity index (χ0n) is 18.6. The van der Waals surface area contributed by atoms with E-state index in [4.69, 9.17) is 9.47 Å². The third-order valence-electron chi connectivity index (χ3n) is 7.92. The lowest BCUT2D eigenvalue weighted by Gasteiger charge is -2.40. The Morgan fingerprint density at radius 3 is 2.59 bits per heavy atom. The van der Waals surface area contributed by atoms with E-state index in [1.807, 2.05) is 17.1 Å². The second kappa shape index (κ2) is 7.99. The number of cyclic esters (lactones) is 1. The standard InChI is InChI=1S/C24H32N2O6/c1-23-10-6-15-31-22(30)18(23)17-20(28)26(13-7-14-27)19-21(29)25(16-8-3-2-4-9-16)12-5-11-24(17,19)32-23/h5-6,10-11,16-19,27H,2-4,7-9,12-15H2,1H3/t17-,18-,19?,23+,24-/m0/s1. The third kappa shape index (κ3) is 3.06. The summed E-state index contributed by atoms with van der Waals surface area (Å²) in [4.78, 5) is 44.3. The van der Waals surface area contributed by atoms with Crippen molar-refractivity contribution in [2.24, 2.45) is 11.8 Å². The molecule has 5 rings (SSSR count). The van der Waals surface area contributed by atoms with Gasteiger partial charge >= 0.3 is 5.97 Å². The highest BCUT2D eigenvalue weighted by molar-refractivity contribution is 5.99. The maximum absolute atomic E-state index is 14.1. The Hall–Kier alpha value is -2.19. The fraction of sp³-hybridized carbons (Fsp3) is 0.708. The van der Waals surface area contributed by atoms with Crippen LogP contribution in [0.5, 0.6) is 0 Å². The number of fused-ring (bicyclic) bond motifs is 2. The second-order valence-electron chi connectivity index (χ2n) is 9.82. The normalized spacial score (nSPS) is 39.4. The van der Waals surface area contributed by atoms with Gasteiger partial charge in [-0.1, -0.05) is 37.5 Å². The van der Waals surface area contributed by atoms with Crippen LogP contribution in [0.1, 0.15) is 45.4 Å². The van der Waals surface area contributed by atoms with Crippen LogP contribution in [0, 0.1) is 11.8 Å². The molecule has 0 aromatic rings. The van der Waals surface area contributed by atoms with E-state index in [-0.39, 0.29) is 37.6 Å². The second-order valence-corrected chi connectivity index (χ2v) is 9.82. The zero-order chi connectivity index (χ0) is 22.5. The summed E-state index contributed by atoms with van der Waals surface area (Å²) >= 11 is 0. The summed E-state index contributed by atoms with van der Waals surface area (Å²) in [5.74, 6) is -2.52. The van der Waals surface area contributed by atoms with Crippen molar-refractivity contribution in [3.63, 3.8) is 0 Å². The van der Waals surface area contributed by atoms with E-state index in [1.165, 1.54) is 6.42 Å². The number of likely N-dealkylation sites (tertiary alicyclic amines) is 1. The van der Waals surface area contributed by atoms with Gasteiger partial charge in [-0.25, -0.2) is 0 Å². The summed E-state index contributed by atoms with van der Waals surface area (Å²) < 4.78 is 12.0. The molecular formula is C24H32N2O6. The van der Waals surface area contributed by atoms with Gasteiger partial charge in [0.2, 0.25) is 11.8 Å². The Morgan fingerprint density at radius 1 is 1.06 bits per heavy atom. The van der Waals surface area contributed by atoms with E-state index in [0.29, 0.717) is 13.0 Å². The van der Waals surface area contributed by atoms with E-state index in [1.54, 1.807) is 24.0 Å². The summed E-state index contributed by atoms with van der Waals surface area (Å²) in [7, 11) is 0. The molecule has 1 unspecified atom stereocenters. The van der Waals surface area contributed by atoms with Crippen molar-refractivity contribution < 1.29 is 29.0 Å². The molecule has 5 aliphatic rings. The van der Waals surface area contributed by atoms with Crippen LogP contribution in [0.25, 0.3) is 0 Å². The lowest BCUT2D eigenvalue weighted by molar-refractivity contribution is -0.158. The van der Waals surface area contributed by atoms with E-state index < -0.39 is 35.0 Å². The van der Waals surface area contributed by atoms with Gasteiger partial charge in [0.15, 0.2) is 0 Å². The van der Waals surface area contributed by atoms with Crippen molar-refractivity contribution in [3.8, 4) is 0 Å². The number of hydrogen-bond donors (Lipinski definition) is 1. The first kappa shape index (κ1) is 21.6. The predicted octanol–water partition coefficient (Wildman–Crippen LogP) is 1.18. The predicted molar refractivity (Wildman–Crippen MR) is 114 cm³/mol. The van der Waals surface area contributed by atoms with Crippen molar-refractivity contribution in [2.75, 3.05) is 26.3 Å². The van der Waals surface area contributed by atoms with Crippen LogP contribution in [0.4, 0.5) is 0 Å². The van der Waals surface area contributed by atoms with Crippen LogP contribution >= 0.6 is 0 Å². The Balaban J connectivity index is 1.59. The van der Waals surface area contributed by atoms with E-state index in [2.05, 4.69) is 0 Å². The van der Waals surface area contributed by atoms with Crippen LogP contribution in [0.2, 0.25) is 0 Å². The number of esters is 1. The molecule has 32 heavy (non-hydrogen) atoms. The van der Waals surface area contributed by atoms with Crippen molar-refractivity contribution in [3.05, 3.63) is 24.3 Å². The molecule has 1 N–H and O–H groups in total. The summed E-state index contributed by atoms with van der Waals surface area (Å²) in [5, 5.41) is 9.43. The number of carbonyl (C=O) groups excluding carboxylic acids is 3. The monoisotopic (exact) mass is 444 g/mol. The van der Waals surface area contributed by atoms with Gasteiger partial charge in [-0.3, -0.25) is 14.4 Å². The summed E-state index contributed by atoms with van der Waals surface area (Å²) in [6.07, 6.45) is 13.0. The molecule has 3 fully saturated rings. The lowest BCUT2D eigenvalue weighted by atomic mass is 9.74. The highest BCUT2D eigenvalue weighted by atomic mass is 16.6. The number of aliphatic hydroxyl groups is 1. The molecule has 8 nitrogen and oxygen atoms in total. The maximum Gasteiger partial charge on any atom is 0.313 e. The Morgan fingerprint density at radius 2 is 1.84 bits per heavy atom. The van der Waals surface area contributed by atoms with Crippen LogP contribution in [-0.2, 0) is 23.9 Å².